The number of aromatic nitrogens is 1. The Labute approximate surface area is 311 Å². The number of hydrogen-bond acceptors (Lipinski definition) is 9. The van der Waals surface area contributed by atoms with Gasteiger partial charge < -0.3 is 43.4 Å². The number of likely N-dealkylation sites (tertiary alicyclic amines) is 1. The van der Waals surface area contributed by atoms with Crippen molar-refractivity contribution < 1.29 is 28.4 Å². The number of benzene rings is 2. The lowest BCUT2D eigenvalue weighted by Crippen LogP contribution is -2.55. The van der Waals surface area contributed by atoms with Gasteiger partial charge in [-0.05, 0) is 62.4 Å². The van der Waals surface area contributed by atoms with Crippen LogP contribution < -0.4 is 38.5 Å². The van der Waals surface area contributed by atoms with Gasteiger partial charge >= 0.3 is 0 Å². The normalized spacial score (nSPS) is 15.7. The molecule has 1 fully saturated rings. The number of likely N-dealkylation sites (N-methyl/N-ethyl adjacent to an activating group) is 1. The van der Waals surface area contributed by atoms with Crippen LogP contribution in [0.3, 0.4) is 0 Å². The molecule has 2 heterocycles. The Morgan fingerprint density at radius 2 is 1.68 bits per heavy atom. The summed E-state index contributed by atoms with van der Waals surface area (Å²) in [4.78, 5) is 75.7. The lowest BCUT2D eigenvalue weighted by Gasteiger charge is -2.32. The minimum Gasteiger partial charge on any atom is -0.370 e. The van der Waals surface area contributed by atoms with E-state index in [4.69, 9.17) is 17.2 Å². The minimum absolute atomic E-state index is 0.0759. The van der Waals surface area contributed by atoms with Gasteiger partial charge in [0.05, 0.1) is 18.5 Å². The van der Waals surface area contributed by atoms with Gasteiger partial charge in [0.2, 0.25) is 23.6 Å². The number of thiazole rings is 1. The average Bonchev–Trinajstić information content (AvgIpc) is 3.64. The van der Waals surface area contributed by atoms with E-state index in [1.165, 1.54) is 23.5 Å². The number of aliphatic imine (C=N–C) groups is 1. The third-order valence-corrected chi connectivity index (χ3v) is 9.62. The summed E-state index contributed by atoms with van der Waals surface area (Å²) < 4.78 is 13.5. The lowest BCUT2D eigenvalue weighted by molar-refractivity contribution is -0.133. The van der Waals surface area contributed by atoms with Crippen LogP contribution in [-0.4, -0.2) is 90.7 Å². The highest BCUT2D eigenvalue weighted by atomic mass is 32.1. The van der Waals surface area contributed by atoms with Crippen LogP contribution in [0.15, 0.2) is 65.0 Å². The van der Waals surface area contributed by atoms with E-state index in [2.05, 4.69) is 31.2 Å². The number of halogens is 1. The molecule has 2 aromatic carbocycles. The summed E-state index contributed by atoms with van der Waals surface area (Å²) in [6, 6.07) is 12.4. The number of primary amides is 1. The number of amides is 5. The molecule has 0 spiro atoms. The van der Waals surface area contributed by atoms with Crippen LogP contribution >= 0.6 is 11.3 Å². The zero-order valence-electron chi connectivity index (χ0n) is 29.6. The number of nitrogens with two attached hydrogens (primary N) is 3. The molecular formula is C36H47FN10O5S. The van der Waals surface area contributed by atoms with Crippen molar-refractivity contribution in [2.24, 2.45) is 28.1 Å². The molecule has 0 aliphatic carbocycles. The van der Waals surface area contributed by atoms with Gasteiger partial charge in [-0.2, -0.15) is 0 Å². The van der Waals surface area contributed by atoms with Crippen LogP contribution in [0.4, 0.5) is 4.39 Å². The average molecular weight is 751 g/mol. The molecule has 5 amide bonds. The Morgan fingerprint density at radius 1 is 0.962 bits per heavy atom. The quantitative estimate of drug-likeness (QED) is 0.0544. The van der Waals surface area contributed by atoms with Crippen molar-refractivity contribution in [3.8, 4) is 0 Å². The first-order valence-corrected chi connectivity index (χ1v) is 18.2. The van der Waals surface area contributed by atoms with Gasteiger partial charge in [-0.15, -0.1) is 11.3 Å². The van der Waals surface area contributed by atoms with Gasteiger partial charge in [0, 0.05) is 31.4 Å². The molecule has 1 aromatic heterocycles. The number of guanidine groups is 1. The van der Waals surface area contributed by atoms with E-state index in [0.717, 1.165) is 11.1 Å². The van der Waals surface area contributed by atoms with Gasteiger partial charge in [0.25, 0.3) is 5.91 Å². The maximum absolute atomic E-state index is 13.7. The highest BCUT2D eigenvalue weighted by molar-refractivity contribution is 7.09. The summed E-state index contributed by atoms with van der Waals surface area (Å²) in [7, 11) is 1.65. The van der Waals surface area contributed by atoms with Gasteiger partial charge in [0.15, 0.2) is 5.96 Å². The smallest absolute Gasteiger partial charge is 0.273 e. The van der Waals surface area contributed by atoms with Crippen LogP contribution in [-0.2, 0) is 32.0 Å². The number of hydrogen-bond donors (Lipinski definition) is 7. The fourth-order valence-electron chi connectivity index (χ4n) is 5.95. The number of rotatable bonds is 18. The van der Waals surface area contributed by atoms with Crippen molar-refractivity contribution >= 4 is 46.8 Å². The number of nitrogens with zero attached hydrogens (tertiary/aromatic N) is 3. The van der Waals surface area contributed by atoms with Crippen molar-refractivity contribution in [1.82, 2.24) is 31.2 Å². The van der Waals surface area contributed by atoms with Gasteiger partial charge in [-0.3, -0.25) is 29.0 Å². The summed E-state index contributed by atoms with van der Waals surface area (Å²) in [5.74, 6) is -3.47. The first-order chi connectivity index (χ1) is 25.4. The number of carbonyl (C=O) groups is 5. The van der Waals surface area contributed by atoms with Crippen molar-refractivity contribution in [2.45, 2.75) is 56.7 Å². The summed E-state index contributed by atoms with van der Waals surface area (Å²) in [5.41, 5.74) is 18.3. The molecule has 0 bridgehead atoms. The van der Waals surface area contributed by atoms with Crippen LogP contribution in [0.5, 0.6) is 0 Å². The molecule has 53 heavy (non-hydrogen) atoms. The molecule has 17 heteroatoms. The lowest BCUT2D eigenvalue weighted by atomic mass is 9.96. The van der Waals surface area contributed by atoms with Crippen molar-refractivity contribution in [2.75, 3.05) is 33.2 Å². The second-order valence-corrected chi connectivity index (χ2v) is 13.7. The molecule has 4 atom stereocenters. The van der Waals surface area contributed by atoms with Crippen LogP contribution in [0.25, 0.3) is 0 Å². The predicted octanol–water partition coefficient (Wildman–Crippen LogP) is 0.505. The maximum Gasteiger partial charge on any atom is 0.273 e. The summed E-state index contributed by atoms with van der Waals surface area (Å²) in [6.45, 7) is 0.786. The SMILES string of the molecule is CNCC(=O)N[C@@H](Cc1ccc(F)cc1)c1nc(C(=O)N2CCCC(C(=O)N[C@@H](CCCN=C(N)N)C(=O)N[C@@H](Cc3ccccc3)C(N)=O)C2)cs1. The van der Waals surface area contributed by atoms with E-state index in [1.807, 2.05) is 30.3 Å². The monoisotopic (exact) mass is 750 g/mol. The number of piperidine rings is 1. The van der Waals surface area contributed by atoms with E-state index < -0.39 is 41.8 Å². The van der Waals surface area contributed by atoms with Crippen LogP contribution in [0.1, 0.15) is 58.3 Å². The third kappa shape index (κ3) is 12.6. The Balaban J connectivity index is 1.43. The van der Waals surface area contributed by atoms with Crippen molar-refractivity contribution in [1.29, 1.82) is 0 Å². The Hall–Kier alpha value is -5.42. The first-order valence-electron chi connectivity index (χ1n) is 17.4. The van der Waals surface area contributed by atoms with Crippen LogP contribution in [0.2, 0.25) is 0 Å². The van der Waals surface area contributed by atoms with E-state index in [0.29, 0.717) is 37.2 Å². The van der Waals surface area contributed by atoms with E-state index in [-0.39, 0.29) is 61.8 Å². The molecule has 1 aliphatic heterocycles. The van der Waals surface area contributed by atoms with E-state index in [9.17, 15) is 28.4 Å². The highest BCUT2D eigenvalue weighted by Crippen LogP contribution is 2.25. The largest absolute Gasteiger partial charge is 0.370 e. The zero-order valence-corrected chi connectivity index (χ0v) is 30.4. The molecule has 1 saturated heterocycles. The first kappa shape index (κ1) is 40.4. The second-order valence-electron chi connectivity index (χ2n) is 12.8. The van der Waals surface area contributed by atoms with Crippen molar-refractivity contribution in [3.05, 3.63) is 87.6 Å². The fraction of sp³-hybridized carbons (Fsp3) is 0.417. The molecule has 10 N–H and O–H groups in total. The summed E-state index contributed by atoms with van der Waals surface area (Å²) in [6.07, 6.45) is 2.05. The second kappa shape index (κ2) is 20.0. The molecular weight excluding hydrogens is 704 g/mol. The molecule has 0 saturated carbocycles. The van der Waals surface area contributed by atoms with Gasteiger partial charge in [-0.1, -0.05) is 42.5 Å². The summed E-state index contributed by atoms with van der Waals surface area (Å²) >= 11 is 1.22. The number of nitrogens with one attached hydrogen (secondary N) is 4. The third-order valence-electron chi connectivity index (χ3n) is 8.67. The standard InChI is InChI=1S/C36H47FN10O5S/c1-41-19-30(48)43-28(18-23-11-13-25(37)14-12-23)34-46-29(21-53-34)35(52)47-16-6-9-24(20-47)32(50)44-26(10-5-15-42-36(39)40)33(51)45-27(31(38)49)17-22-7-3-2-4-8-22/h2-4,7-8,11-14,21,24,26-28,41H,5-6,9-10,15-20H2,1H3,(H2,38,49)(H,43,48)(H,44,50)(H,45,51)(H4,39,40,42)/t24?,26-,27-,28-/m0/s1. The van der Waals surface area contributed by atoms with E-state index >= 15 is 0 Å². The predicted molar refractivity (Wildman–Crippen MR) is 199 cm³/mol. The van der Waals surface area contributed by atoms with Gasteiger partial charge in [-0.25, -0.2) is 9.37 Å². The zero-order chi connectivity index (χ0) is 38.3. The topological polar surface area (TPSA) is 240 Å². The Morgan fingerprint density at radius 3 is 2.36 bits per heavy atom. The molecule has 1 aliphatic rings. The molecule has 1 unspecified atom stereocenters. The van der Waals surface area contributed by atoms with Gasteiger partial charge in [0.1, 0.15) is 28.6 Å². The van der Waals surface area contributed by atoms with Crippen LogP contribution in [0, 0.1) is 11.7 Å². The van der Waals surface area contributed by atoms with Crippen molar-refractivity contribution in [3.63, 3.8) is 0 Å². The molecule has 3 aromatic rings. The highest BCUT2D eigenvalue weighted by Gasteiger charge is 2.33. The Kier molecular flexibility index (Phi) is 15.2. The molecule has 284 valence electrons. The van der Waals surface area contributed by atoms with E-state index in [1.54, 1.807) is 29.5 Å². The molecule has 4 rings (SSSR count). The minimum atomic E-state index is -1.03. The molecule has 0 radical (unpaired) electrons. The maximum atomic E-state index is 13.7. The number of carbonyl (C=O) groups excluding carboxylic acids is 5. The molecule has 15 nitrogen and oxygen atoms in total. The fourth-order valence-corrected chi connectivity index (χ4v) is 6.80. The summed E-state index contributed by atoms with van der Waals surface area (Å²) in [5, 5.41) is 13.4. The Bertz CT molecular complexity index is 1740.